The second kappa shape index (κ2) is 7.64. The van der Waals surface area contributed by atoms with E-state index in [0.29, 0.717) is 5.88 Å². The molecule has 21 heavy (non-hydrogen) atoms. The van der Waals surface area contributed by atoms with Crippen molar-refractivity contribution in [1.29, 1.82) is 0 Å². The summed E-state index contributed by atoms with van der Waals surface area (Å²) in [6.07, 6.45) is 0. The van der Waals surface area contributed by atoms with Crippen LogP contribution < -0.4 is 4.74 Å². The number of aromatic nitrogens is 2. The molecule has 6 heteroatoms. The molecule has 0 spiro atoms. The smallest absolute Gasteiger partial charge is 0.124 e. The van der Waals surface area contributed by atoms with Crippen LogP contribution in [0.3, 0.4) is 0 Å². The highest BCUT2D eigenvalue weighted by Gasteiger charge is 2.11. The number of hydrogen-bond donors (Lipinski definition) is 0. The molecule has 0 aliphatic heterocycles. The molecule has 0 amide bonds. The lowest BCUT2D eigenvalue weighted by atomic mass is 10.3. The Morgan fingerprint density at radius 2 is 2.10 bits per heavy atom. The van der Waals surface area contributed by atoms with E-state index in [1.54, 1.807) is 14.2 Å². The van der Waals surface area contributed by atoms with E-state index in [1.807, 2.05) is 18.2 Å². The first kappa shape index (κ1) is 16.1. The maximum absolute atomic E-state index is 6.03. The molecule has 5 nitrogen and oxygen atoms in total. The Morgan fingerprint density at radius 1 is 1.29 bits per heavy atom. The van der Waals surface area contributed by atoms with Crippen molar-refractivity contribution in [1.82, 2.24) is 14.5 Å². The van der Waals surface area contributed by atoms with Crippen LogP contribution in [0.1, 0.15) is 5.82 Å². The molecule has 1 aromatic carbocycles. The van der Waals surface area contributed by atoms with Crippen molar-refractivity contribution >= 4 is 22.6 Å². The summed E-state index contributed by atoms with van der Waals surface area (Å²) >= 11 is 6.03. The van der Waals surface area contributed by atoms with E-state index in [2.05, 4.69) is 21.5 Å². The fourth-order valence-corrected chi connectivity index (χ4v) is 2.46. The van der Waals surface area contributed by atoms with Gasteiger partial charge in [-0.1, -0.05) is 0 Å². The van der Waals surface area contributed by atoms with Crippen molar-refractivity contribution < 1.29 is 9.47 Å². The molecule has 0 aliphatic carbocycles. The van der Waals surface area contributed by atoms with Gasteiger partial charge in [-0.05, 0) is 19.2 Å². The summed E-state index contributed by atoms with van der Waals surface area (Å²) in [5.74, 6) is 2.12. The van der Waals surface area contributed by atoms with Gasteiger partial charge >= 0.3 is 0 Å². The van der Waals surface area contributed by atoms with Crippen molar-refractivity contribution in [2.75, 3.05) is 41.0 Å². The van der Waals surface area contributed by atoms with Gasteiger partial charge in [-0.15, -0.1) is 11.6 Å². The van der Waals surface area contributed by atoms with Crippen LogP contribution in [0.15, 0.2) is 18.2 Å². The number of fused-ring (bicyclic) bond motifs is 1. The lowest BCUT2D eigenvalue weighted by Gasteiger charge is -2.17. The molecule has 0 atom stereocenters. The average Bonchev–Trinajstić information content (AvgIpc) is 2.87. The van der Waals surface area contributed by atoms with Gasteiger partial charge in [0.1, 0.15) is 11.6 Å². The van der Waals surface area contributed by atoms with Crippen molar-refractivity contribution in [3.8, 4) is 5.75 Å². The van der Waals surface area contributed by atoms with Crippen molar-refractivity contribution in [3.05, 3.63) is 24.0 Å². The maximum Gasteiger partial charge on any atom is 0.124 e. The zero-order valence-electron chi connectivity index (χ0n) is 12.8. The van der Waals surface area contributed by atoms with Crippen LogP contribution in [0.25, 0.3) is 11.0 Å². The van der Waals surface area contributed by atoms with Crippen LogP contribution in [0.5, 0.6) is 5.75 Å². The zero-order valence-corrected chi connectivity index (χ0v) is 13.6. The molecule has 0 radical (unpaired) electrons. The summed E-state index contributed by atoms with van der Waals surface area (Å²) in [7, 11) is 5.47. The first-order valence-electron chi connectivity index (χ1n) is 6.96. The minimum Gasteiger partial charge on any atom is -0.497 e. The third kappa shape index (κ3) is 3.87. The van der Waals surface area contributed by atoms with Gasteiger partial charge in [0.15, 0.2) is 0 Å². The fraction of sp³-hybridized carbons (Fsp3) is 0.533. The minimum absolute atomic E-state index is 0.402. The third-order valence-electron chi connectivity index (χ3n) is 3.54. The lowest BCUT2D eigenvalue weighted by Crippen LogP contribution is -2.27. The molecular weight excluding hydrogens is 290 g/mol. The van der Waals surface area contributed by atoms with Gasteiger partial charge in [0.25, 0.3) is 0 Å². The summed E-state index contributed by atoms with van der Waals surface area (Å²) in [4.78, 5) is 6.81. The lowest BCUT2D eigenvalue weighted by molar-refractivity contribution is 0.159. The summed E-state index contributed by atoms with van der Waals surface area (Å²) in [5.41, 5.74) is 2.01. The van der Waals surface area contributed by atoms with Crippen LogP contribution in [-0.2, 0) is 17.2 Å². The molecule has 1 aromatic heterocycles. The maximum atomic E-state index is 6.03. The second-order valence-corrected chi connectivity index (χ2v) is 5.23. The summed E-state index contributed by atoms with van der Waals surface area (Å²) in [5, 5.41) is 0. The molecule has 0 saturated carbocycles. The molecule has 0 N–H and O–H groups in total. The summed E-state index contributed by atoms with van der Waals surface area (Å²) < 4.78 is 12.6. The largest absolute Gasteiger partial charge is 0.497 e. The number of ether oxygens (including phenoxy) is 2. The average molecular weight is 312 g/mol. The summed E-state index contributed by atoms with van der Waals surface area (Å²) in [6, 6.07) is 5.89. The van der Waals surface area contributed by atoms with Crippen LogP contribution in [0, 0.1) is 0 Å². The Hall–Kier alpha value is -1.30. The Morgan fingerprint density at radius 3 is 2.76 bits per heavy atom. The van der Waals surface area contributed by atoms with Crippen molar-refractivity contribution in [2.24, 2.45) is 0 Å². The predicted octanol–water partition coefficient (Wildman–Crippen LogP) is 2.36. The number of halogens is 1. The number of alkyl halides is 1. The highest BCUT2D eigenvalue weighted by atomic mass is 35.5. The fourth-order valence-electron chi connectivity index (χ4n) is 2.26. The Labute approximate surface area is 130 Å². The number of benzene rings is 1. The monoisotopic (exact) mass is 311 g/mol. The third-order valence-corrected chi connectivity index (χ3v) is 3.78. The quantitative estimate of drug-likeness (QED) is 0.702. The number of rotatable bonds is 8. The number of likely N-dealkylation sites (N-methyl/N-ethyl adjacent to an activating group) is 1. The van der Waals surface area contributed by atoms with Gasteiger partial charge in [-0.2, -0.15) is 0 Å². The number of hydrogen-bond acceptors (Lipinski definition) is 4. The van der Waals surface area contributed by atoms with Crippen LogP contribution in [0.4, 0.5) is 0 Å². The van der Waals surface area contributed by atoms with Crippen molar-refractivity contribution in [3.63, 3.8) is 0 Å². The predicted molar refractivity (Wildman–Crippen MR) is 85.2 cm³/mol. The van der Waals surface area contributed by atoms with Gasteiger partial charge < -0.3 is 18.9 Å². The van der Waals surface area contributed by atoms with E-state index < -0.39 is 0 Å². The molecule has 2 aromatic rings. The topological polar surface area (TPSA) is 39.5 Å². The number of nitrogens with zero attached hydrogens (tertiary/aromatic N) is 3. The van der Waals surface area contributed by atoms with E-state index in [0.717, 1.165) is 48.8 Å². The molecule has 116 valence electrons. The van der Waals surface area contributed by atoms with Gasteiger partial charge in [-0.3, -0.25) is 0 Å². The minimum atomic E-state index is 0.402. The summed E-state index contributed by atoms with van der Waals surface area (Å²) in [6.45, 7) is 3.39. The van der Waals surface area contributed by atoms with E-state index in [1.165, 1.54) is 0 Å². The van der Waals surface area contributed by atoms with E-state index in [9.17, 15) is 0 Å². The molecule has 1 heterocycles. The van der Waals surface area contributed by atoms with Gasteiger partial charge in [0.05, 0.1) is 30.6 Å². The van der Waals surface area contributed by atoms with Crippen LogP contribution in [0.2, 0.25) is 0 Å². The molecule has 0 fully saturated rings. The van der Waals surface area contributed by atoms with E-state index in [-0.39, 0.29) is 0 Å². The Bertz CT molecular complexity index is 586. The Balaban J connectivity index is 2.20. The molecule has 2 rings (SSSR count). The first-order chi connectivity index (χ1) is 10.2. The molecular formula is C15H22ClN3O2. The van der Waals surface area contributed by atoms with Gasteiger partial charge in [-0.25, -0.2) is 4.98 Å². The molecule has 0 unspecified atom stereocenters. The number of methoxy groups -OCH3 is 2. The van der Waals surface area contributed by atoms with Gasteiger partial charge in [0.2, 0.25) is 0 Å². The highest BCUT2D eigenvalue weighted by molar-refractivity contribution is 6.16. The standard InChI is InChI=1S/C15H22ClN3O2/c1-18(8-9-20-2)6-7-19-14-10-12(21-3)4-5-13(14)17-15(19)11-16/h4-5,10H,6-9,11H2,1-3H3. The highest BCUT2D eigenvalue weighted by Crippen LogP contribution is 2.22. The molecule has 0 bridgehead atoms. The van der Waals surface area contributed by atoms with Gasteiger partial charge in [0, 0.05) is 32.8 Å². The Kier molecular flexibility index (Phi) is 5.85. The normalized spacial score (nSPS) is 11.5. The van der Waals surface area contributed by atoms with E-state index in [4.69, 9.17) is 21.1 Å². The van der Waals surface area contributed by atoms with Crippen molar-refractivity contribution in [2.45, 2.75) is 12.4 Å². The number of imidazole rings is 1. The second-order valence-electron chi connectivity index (χ2n) is 4.96. The zero-order chi connectivity index (χ0) is 15.2. The molecule has 0 saturated heterocycles. The first-order valence-corrected chi connectivity index (χ1v) is 7.49. The van der Waals surface area contributed by atoms with Crippen LogP contribution in [-0.4, -0.2) is 55.4 Å². The SMILES string of the molecule is COCCN(C)CCn1c(CCl)nc2ccc(OC)cc21. The van der Waals surface area contributed by atoms with Crippen LogP contribution >= 0.6 is 11.6 Å². The van der Waals surface area contributed by atoms with E-state index >= 15 is 0 Å². The molecule has 0 aliphatic rings.